The molecule has 0 aliphatic carbocycles. The number of hydrogen-bond acceptors (Lipinski definition) is 6. The van der Waals surface area contributed by atoms with Crippen LogP contribution in [0.15, 0.2) is 47.0 Å². The summed E-state index contributed by atoms with van der Waals surface area (Å²) in [5.74, 6) is -0.594. The van der Waals surface area contributed by atoms with Crippen LogP contribution in [0.1, 0.15) is 18.0 Å². The summed E-state index contributed by atoms with van der Waals surface area (Å²) in [6.07, 6.45) is -1.50. The van der Waals surface area contributed by atoms with Crippen molar-refractivity contribution in [1.29, 1.82) is 0 Å². The van der Waals surface area contributed by atoms with Gasteiger partial charge in [0.05, 0.1) is 17.8 Å². The van der Waals surface area contributed by atoms with Crippen molar-refractivity contribution in [1.82, 2.24) is 20.1 Å². The molecular weight excluding hydrogens is 447 g/mol. The topological polar surface area (TPSA) is 92.4 Å². The third-order valence-corrected chi connectivity index (χ3v) is 6.09. The van der Waals surface area contributed by atoms with Crippen molar-refractivity contribution in [2.75, 3.05) is 29.5 Å². The molecule has 3 heterocycles. The number of rotatable bonds is 5. The number of nitrogens with zero attached hydrogens (tertiary/aromatic N) is 5. The van der Waals surface area contributed by atoms with Crippen molar-refractivity contribution < 1.29 is 26.6 Å². The van der Waals surface area contributed by atoms with Crippen LogP contribution in [0.25, 0.3) is 11.5 Å². The molecule has 12 heteroatoms. The van der Waals surface area contributed by atoms with E-state index in [-0.39, 0.29) is 18.5 Å². The zero-order valence-electron chi connectivity index (χ0n) is 16.7. The predicted octanol–water partition coefficient (Wildman–Crippen LogP) is 3.40. The molecular formula is C20H18F3N5O3S. The molecule has 1 aliphatic heterocycles. The van der Waals surface area contributed by atoms with Crippen molar-refractivity contribution in [3.05, 3.63) is 60.0 Å². The van der Waals surface area contributed by atoms with Crippen molar-refractivity contribution in [2.24, 2.45) is 0 Å². The molecule has 2 aromatic heterocycles. The summed E-state index contributed by atoms with van der Waals surface area (Å²) in [6.45, 7) is 0.717. The Bertz CT molecular complexity index is 1120. The van der Waals surface area contributed by atoms with Crippen molar-refractivity contribution in [3.8, 4) is 11.5 Å². The molecule has 2 amide bonds. The van der Waals surface area contributed by atoms with Gasteiger partial charge in [-0.05, 0) is 30.3 Å². The molecule has 3 aromatic rings. The minimum atomic E-state index is -2.87. The molecule has 168 valence electrons. The van der Waals surface area contributed by atoms with Gasteiger partial charge in [0.15, 0.2) is 0 Å². The van der Waals surface area contributed by atoms with Gasteiger partial charge in [0.2, 0.25) is 5.89 Å². The van der Waals surface area contributed by atoms with Gasteiger partial charge in [0, 0.05) is 47.3 Å². The van der Waals surface area contributed by atoms with Gasteiger partial charge in [-0.25, -0.2) is 9.18 Å². The number of alkyl halides is 2. The normalized spacial score (nSPS) is 14.7. The quantitative estimate of drug-likeness (QED) is 0.574. The van der Waals surface area contributed by atoms with E-state index in [9.17, 15) is 22.2 Å². The fourth-order valence-corrected chi connectivity index (χ4v) is 4.21. The van der Waals surface area contributed by atoms with E-state index in [0.717, 1.165) is 0 Å². The Hall–Kier alpha value is -3.28. The molecule has 0 atom stereocenters. The highest BCUT2D eigenvalue weighted by atomic mass is 32.2. The minimum Gasteiger partial charge on any atom is -0.415 e. The fourth-order valence-electron chi connectivity index (χ4n) is 3.16. The van der Waals surface area contributed by atoms with Crippen LogP contribution in [0.2, 0.25) is 0 Å². The molecule has 0 radical (unpaired) electrons. The van der Waals surface area contributed by atoms with E-state index in [0.29, 0.717) is 41.5 Å². The molecule has 0 N–H and O–H groups in total. The van der Waals surface area contributed by atoms with Crippen LogP contribution in [0.4, 0.5) is 23.7 Å². The van der Waals surface area contributed by atoms with Crippen LogP contribution in [-0.4, -0.2) is 54.9 Å². The van der Waals surface area contributed by atoms with Crippen LogP contribution < -0.4 is 4.90 Å². The Morgan fingerprint density at radius 1 is 1.19 bits per heavy atom. The average Bonchev–Trinajstić information content (AvgIpc) is 3.29. The number of urea groups is 1. The number of anilines is 1. The summed E-state index contributed by atoms with van der Waals surface area (Å²) < 4.78 is 55.7. The summed E-state index contributed by atoms with van der Waals surface area (Å²) >= 11 is 0. The van der Waals surface area contributed by atoms with Crippen LogP contribution in [0.5, 0.6) is 0 Å². The molecule has 1 aliphatic rings. The standard InChI is InChI=1S/C20H18F3N5O3S/c21-14-2-1-3-16(10-14)28(20(29)27-6-8-32(30)9-7-27)12-15-5-4-13(11-24-15)18-25-26-19(31-18)17(22)23/h1-5,10-11,17H,6-9,12H2. The first-order valence-corrected chi connectivity index (χ1v) is 11.1. The lowest BCUT2D eigenvalue weighted by atomic mass is 10.2. The first-order valence-electron chi connectivity index (χ1n) is 9.64. The lowest BCUT2D eigenvalue weighted by Crippen LogP contribution is -2.48. The zero-order valence-corrected chi connectivity index (χ0v) is 17.5. The summed E-state index contributed by atoms with van der Waals surface area (Å²) in [6, 6.07) is 8.44. The molecule has 8 nitrogen and oxygen atoms in total. The number of carbonyl (C=O) groups is 1. The molecule has 1 aromatic carbocycles. The second-order valence-corrected chi connectivity index (χ2v) is 8.66. The van der Waals surface area contributed by atoms with Crippen molar-refractivity contribution in [3.63, 3.8) is 0 Å². The maximum absolute atomic E-state index is 13.8. The summed E-state index contributed by atoms with van der Waals surface area (Å²) in [4.78, 5) is 20.4. The Labute approximate surface area is 183 Å². The first-order chi connectivity index (χ1) is 15.4. The van der Waals surface area contributed by atoms with Crippen molar-refractivity contribution >= 4 is 22.5 Å². The first kappa shape index (κ1) is 21.9. The number of halogens is 3. The maximum Gasteiger partial charge on any atom is 0.324 e. The van der Waals surface area contributed by atoms with E-state index in [1.54, 1.807) is 23.1 Å². The Morgan fingerprint density at radius 3 is 2.59 bits per heavy atom. The second-order valence-electron chi connectivity index (χ2n) is 6.97. The number of hydrogen-bond donors (Lipinski definition) is 0. The molecule has 0 spiro atoms. The van der Waals surface area contributed by atoms with Crippen LogP contribution in [0.3, 0.4) is 0 Å². The van der Waals surface area contributed by atoms with Gasteiger partial charge in [0.25, 0.3) is 5.89 Å². The molecule has 1 saturated heterocycles. The number of pyridine rings is 1. The van der Waals surface area contributed by atoms with Gasteiger partial charge in [-0.1, -0.05) is 6.07 Å². The molecule has 0 bridgehead atoms. The van der Waals surface area contributed by atoms with Gasteiger partial charge < -0.3 is 9.32 Å². The van der Waals surface area contributed by atoms with E-state index in [2.05, 4.69) is 15.2 Å². The molecule has 0 saturated carbocycles. The molecule has 0 unspecified atom stereocenters. The van der Waals surface area contributed by atoms with E-state index < -0.39 is 28.9 Å². The van der Waals surface area contributed by atoms with Crippen molar-refractivity contribution in [2.45, 2.75) is 13.0 Å². The fraction of sp³-hybridized carbons (Fsp3) is 0.300. The third-order valence-electron chi connectivity index (χ3n) is 4.82. The van der Waals surface area contributed by atoms with Gasteiger partial charge in [0.1, 0.15) is 5.82 Å². The van der Waals surface area contributed by atoms with Crippen LogP contribution in [-0.2, 0) is 17.3 Å². The monoisotopic (exact) mass is 465 g/mol. The number of amides is 2. The second kappa shape index (κ2) is 9.47. The molecule has 32 heavy (non-hydrogen) atoms. The predicted molar refractivity (Wildman–Crippen MR) is 110 cm³/mol. The Balaban J connectivity index is 1.56. The summed E-state index contributed by atoms with van der Waals surface area (Å²) in [7, 11) is -0.951. The van der Waals surface area contributed by atoms with Gasteiger partial charge in [-0.2, -0.15) is 8.78 Å². The lowest BCUT2D eigenvalue weighted by molar-refractivity contribution is 0.116. The number of aromatic nitrogens is 3. The highest BCUT2D eigenvalue weighted by Gasteiger charge is 2.26. The third kappa shape index (κ3) is 4.96. The van der Waals surface area contributed by atoms with E-state index in [1.807, 2.05) is 0 Å². The average molecular weight is 465 g/mol. The van der Waals surface area contributed by atoms with E-state index in [4.69, 9.17) is 4.42 Å². The van der Waals surface area contributed by atoms with Crippen LogP contribution in [0, 0.1) is 5.82 Å². The van der Waals surface area contributed by atoms with E-state index in [1.165, 1.54) is 29.3 Å². The highest BCUT2D eigenvalue weighted by molar-refractivity contribution is 7.85. The Morgan fingerprint density at radius 2 is 1.97 bits per heavy atom. The Kier molecular flexibility index (Phi) is 6.49. The number of carbonyl (C=O) groups excluding carboxylic acids is 1. The zero-order chi connectivity index (χ0) is 22.7. The van der Waals surface area contributed by atoms with E-state index >= 15 is 0 Å². The SMILES string of the molecule is O=C(N1CCS(=O)CC1)N(Cc1ccc(-c2nnc(C(F)F)o2)cn1)c1cccc(F)c1. The summed E-state index contributed by atoms with van der Waals surface area (Å²) in [5.41, 5.74) is 1.17. The highest BCUT2D eigenvalue weighted by Crippen LogP contribution is 2.24. The summed E-state index contributed by atoms with van der Waals surface area (Å²) in [5, 5.41) is 6.86. The molecule has 1 fully saturated rings. The lowest BCUT2D eigenvalue weighted by Gasteiger charge is -2.32. The maximum atomic E-state index is 13.8. The molecule has 4 rings (SSSR count). The van der Waals surface area contributed by atoms with Crippen LogP contribution >= 0.6 is 0 Å². The number of benzene rings is 1. The largest absolute Gasteiger partial charge is 0.415 e. The minimum absolute atomic E-state index is 0.0360. The van der Waals surface area contributed by atoms with Gasteiger partial charge >= 0.3 is 12.5 Å². The van der Waals surface area contributed by atoms with Gasteiger partial charge in [-0.3, -0.25) is 14.1 Å². The van der Waals surface area contributed by atoms with Gasteiger partial charge in [-0.15, -0.1) is 10.2 Å². The smallest absolute Gasteiger partial charge is 0.324 e.